The maximum absolute atomic E-state index is 10.5. The van der Waals surface area contributed by atoms with Crippen LogP contribution in [-0.2, 0) is 9.53 Å². The van der Waals surface area contributed by atoms with E-state index in [0.717, 1.165) is 49.8 Å². The van der Waals surface area contributed by atoms with Crippen molar-refractivity contribution in [1.82, 2.24) is 0 Å². The molecule has 0 spiro atoms. The van der Waals surface area contributed by atoms with Crippen LogP contribution in [-0.4, -0.2) is 45.5 Å². The number of nitrogens with zero attached hydrogens (tertiary/aromatic N) is 3. The van der Waals surface area contributed by atoms with E-state index in [-0.39, 0.29) is 0 Å². The molecule has 0 N–H and O–H groups in total. The molecule has 0 aromatic heterocycles. The summed E-state index contributed by atoms with van der Waals surface area (Å²) in [6, 6.07) is 5.99. The summed E-state index contributed by atoms with van der Waals surface area (Å²) in [5.41, 5.74) is 2.64. The number of aliphatic imine (C=N–C) groups is 1. The standard InChI is InChI=1S/C17H22ClN3O2/c1-13(6-9-22)19-14(2)20(3)15-4-5-17(16(18)12-15)21-7-10-23-11-8-21/h4-6,9,12H,7-8,10-11H2,1-3H3/b13-6-,19-14?. The number of ether oxygens (including phenoxy) is 1. The lowest BCUT2D eigenvalue weighted by molar-refractivity contribution is -0.104. The highest BCUT2D eigenvalue weighted by Crippen LogP contribution is 2.30. The summed E-state index contributed by atoms with van der Waals surface area (Å²) < 4.78 is 5.37. The second-order valence-corrected chi connectivity index (χ2v) is 5.80. The van der Waals surface area contributed by atoms with Gasteiger partial charge in [-0.3, -0.25) is 4.79 Å². The molecule has 1 aromatic rings. The Morgan fingerprint density at radius 1 is 1.35 bits per heavy atom. The summed E-state index contributed by atoms with van der Waals surface area (Å²) in [6.07, 6.45) is 2.17. The molecule has 0 bridgehead atoms. The van der Waals surface area contributed by atoms with Crippen molar-refractivity contribution in [3.63, 3.8) is 0 Å². The van der Waals surface area contributed by atoms with E-state index in [2.05, 4.69) is 9.89 Å². The molecule has 1 fully saturated rings. The number of hydrogen-bond donors (Lipinski definition) is 0. The van der Waals surface area contributed by atoms with Crippen molar-refractivity contribution in [3.05, 3.63) is 35.0 Å². The molecule has 1 saturated heterocycles. The highest BCUT2D eigenvalue weighted by molar-refractivity contribution is 6.33. The van der Waals surface area contributed by atoms with Crippen molar-refractivity contribution in [2.75, 3.05) is 43.2 Å². The average Bonchev–Trinajstić information content (AvgIpc) is 2.55. The first-order chi connectivity index (χ1) is 11.0. The number of halogens is 1. The highest BCUT2D eigenvalue weighted by atomic mass is 35.5. The van der Waals surface area contributed by atoms with Gasteiger partial charge in [0.15, 0.2) is 0 Å². The lowest BCUT2D eigenvalue weighted by Crippen LogP contribution is -2.36. The monoisotopic (exact) mass is 335 g/mol. The number of amidine groups is 1. The number of rotatable bonds is 4. The van der Waals surface area contributed by atoms with Crippen LogP contribution in [0, 0.1) is 0 Å². The van der Waals surface area contributed by atoms with Crippen molar-refractivity contribution in [2.45, 2.75) is 13.8 Å². The second kappa shape index (κ2) is 8.13. The molecule has 1 aliphatic rings. The van der Waals surface area contributed by atoms with Crippen LogP contribution in [0.2, 0.25) is 5.02 Å². The van der Waals surface area contributed by atoms with E-state index in [9.17, 15) is 4.79 Å². The molecule has 0 radical (unpaired) electrons. The van der Waals surface area contributed by atoms with Gasteiger partial charge in [-0.15, -0.1) is 0 Å². The maximum atomic E-state index is 10.5. The Labute approximate surface area is 142 Å². The van der Waals surface area contributed by atoms with Crippen LogP contribution in [0.5, 0.6) is 0 Å². The molecule has 0 unspecified atom stereocenters. The lowest BCUT2D eigenvalue weighted by Gasteiger charge is -2.30. The Kier molecular flexibility index (Phi) is 6.19. The SMILES string of the molecule is CC(=N/C(C)=C\C=O)N(C)c1ccc(N2CCOCC2)c(Cl)c1. The molecule has 1 heterocycles. The van der Waals surface area contributed by atoms with Gasteiger partial charge in [-0.25, -0.2) is 4.99 Å². The molecular weight excluding hydrogens is 314 g/mol. The van der Waals surface area contributed by atoms with Gasteiger partial charge in [0.25, 0.3) is 0 Å². The Bertz CT molecular complexity index is 622. The smallest absolute Gasteiger partial charge is 0.144 e. The molecule has 5 nitrogen and oxygen atoms in total. The summed E-state index contributed by atoms with van der Waals surface area (Å²) in [7, 11) is 1.92. The Balaban J connectivity index is 2.18. The van der Waals surface area contributed by atoms with Gasteiger partial charge < -0.3 is 14.5 Å². The van der Waals surface area contributed by atoms with E-state index in [4.69, 9.17) is 16.3 Å². The number of aldehydes is 1. The van der Waals surface area contributed by atoms with Crippen molar-refractivity contribution in [1.29, 1.82) is 0 Å². The maximum Gasteiger partial charge on any atom is 0.144 e. The molecular formula is C17H22ClN3O2. The zero-order valence-electron chi connectivity index (χ0n) is 13.8. The topological polar surface area (TPSA) is 45.1 Å². The molecule has 0 aliphatic carbocycles. The Hall–Kier alpha value is -1.85. The van der Waals surface area contributed by atoms with Gasteiger partial charge in [0.1, 0.15) is 12.1 Å². The fraction of sp³-hybridized carbons (Fsp3) is 0.412. The predicted molar refractivity (Wildman–Crippen MR) is 95.8 cm³/mol. The minimum absolute atomic E-state index is 0.667. The van der Waals surface area contributed by atoms with E-state index in [0.29, 0.717) is 10.7 Å². The van der Waals surface area contributed by atoms with E-state index in [1.165, 1.54) is 6.08 Å². The molecule has 0 amide bonds. The van der Waals surface area contributed by atoms with Gasteiger partial charge in [-0.1, -0.05) is 11.6 Å². The first-order valence-electron chi connectivity index (χ1n) is 7.56. The molecule has 1 aromatic carbocycles. The van der Waals surface area contributed by atoms with Crippen LogP contribution < -0.4 is 9.80 Å². The van der Waals surface area contributed by atoms with Crippen molar-refractivity contribution < 1.29 is 9.53 Å². The quantitative estimate of drug-likeness (QED) is 0.367. The molecule has 23 heavy (non-hydrogen) atoms. The first kappa shape index (κ1) is 17.5. The van der Waals surface area contributed by atoms with Gasteiger partial charge in [0.05, 0.1) is 23.9 Å². The van der Waals surface area contributed by atoms with Crippen LogP contribution in [0.3, 0.4) is 0 Å². The fourth-order valence-corrected chi connectivity index (χ4v) is 2.71. The molecule has 1 aliphatic heterocycles. The largest absolute Gasteiger partial charge is 0.378 e. The minimum Gasteiger partial charge on any atom is -0.378 e. The second-order valence-electron chi connectivity index (χ2n) is 5.40. The molecule has 0 atom stereocenters. The normalized spacial score (nSPS) is 16.4. The Morgan fingerprint density at radius 2 is 2.04 bits per heavy atom. The molecule has 2 rings (SSSR count). The summed E-state index contributed by atoms with van der Waals surface area (Å²) in [5.74, 6) is 0.788. The van der Waals surface area contributed by atoms with Gasteiger partial charge in [0.2, 0.25) is 0 Å². The zero-order chi connectivity index (χ0) is 16.8. The number of hydrogen-bond acceptors (Lipinski definition) is 4. The predicted octanol–water partition coefficient (Wildman–Crippen LogP) is 3.13. The van der Waals surface area contributed by atoms with Crippen molar-refractivity contribution in [3.8, 4) is 0 Å². The highest BCUT2D eigenvalue weighted by Gasteiger charge is 2.15. The summed E-state index contributed by atoms with van der Waals surface area (Å²) in [4.78, 5) is 19.0. The molecule has 0 saturated carbocycles. The summed E-state index contributed by atoms with van der Waals surface area (Å²) >= 11 is 6.46. The van der Waals surface area contributed by atoms with E-state index >= 15 is 0 Å². The Morgan fingerprint density at radius 3 is 2.65 bits per heavy atom. The minimum atomic E-state index is 0.667. The third-order valence-electron chi connectivity index (χ3n) is 3.80. The third kappa shape index (κ3) is 4.56. The fourth-order valence-electron chi connectivity index (χ4n) is 2.42. The van der Waals surface area contributed by atoms with Gasteiger partial charge >= 0.3 is 0 Å². The van der Waals surface area contributed by atoms with Crippen LogP contribution in [0.15, 0.2) is 35.0 Å². The third-order valence-corrected chi connectivity index (χ3v) is 4.11. The van der Waals surface area contributed by atoms with Crippen LogP contribution in [0.1, 0.15) is 13.8 Å². The molecule has 124 valence electrons. The van der Waals surface area contributed by atoms with Gasteiger partial charge in [0, 0.05) is 31.5 Å². The van der Waals surface area contributed by atoms with E-state index in [1.807, 2.05) is 37.1 Å². The van der Waals surface area contributed by atoms with Gasteiger partial charge in [-0.05, 0) is 38.1 Å². The number of anilines is 2. The van der Waals surface area contributed by atoms with Gasteiger partial charge in [-0.2, -0.15) is 0 Å². The summed E-state index contributed by atoms with van der Waals surface area (Å²) in [5, 5.41) is 0.712. The number of morpholine rings is 1. The number of carbonyl (C=O) groups is 1. The van der Waals surface area contributed by atoms with Crippen LogP contribution in [0.25, 0.3) is 0 Å². The molecule has 6 heteroatoms. The lowest BCUT2D eigenvalue weighted by atomic mass is 10.2. The summed E-state index contributed by atoms with van der Waals surface area (Å²) in [6.45, 7) is 6.85. The number of carbonyl (C=O) groups excluding carboxylic acids is 1. The van der Waals surface area contributed by atoms with Crippen LogP contribution >= 0.6 is 11.6 Å². The van der Waals surface area contributed by atoms with E-state index in [1.54, 1.807) is 6.92 Å². The average molecular weight is 336 g/mol. The van der Waals surface area contributed by atoms with Crippen molar-refractivity contribution in [2.24, 2.45) is 4.99 Å². The van der Waals surface area contributed by atoms with Crippen LogP contribution in [0.4, 0.5) is 11.4 Å². The zero-order valence-corrected chi connectivity index (χ0v) is 14.5. The van der Waals surface area contributed by atoms with Crippen molar-refractivity contribution >= 4 is 35.1 Å². The number of allylic oxidation sites excluding steroid dienone is 2. The van der Waals surface area contributed by atoms with E-state index < -0.39 is 0 Å². The number of benzene rings is 1. The first-order valence-corrected chi connectivity index (χ1v) is 7.94.